The Morgan fingerprint density at radius 2 is 1.94 bits per heavy atom. The van der Waals surface area contributed by atoms with Gasteiger partial charge in [-0.1, -0.05) is 37.1 Å². The number of morpholine rings is 1. The van der Waals surface area contributed by atoms with Crippen LogP contribution in [0.4, 0.5) is 14.9 Å². The smallest absolute Gasteiger partial charge is 0.335 e. The minimum atomic E-state index is -0.854. The average molecular weight is 457 g/mol. The molecule has 4 rings (SSSR count). The fraction of sp³-hybridized carbons (Fsp3) is 0.238. The molecule has 3 amide bonds. The maximum absolute atomic E-state index is 15.0. The van der Waals surface area contributed by atoms with E-state index in [4.69, 9.17) is 4.74 Å². The Morgan fingerprint density at radius 1 is 1.19 bits per heavy atom. The molecule has 2 heterocycles. The number of carbonyl (C=O) groups excluding carboxylic acids is 2. The van der Waals surface area contributed by atoms with Gasteiger partial charge in [0.15, 0.2) is 0 Å². The van der Waals surface area contributed by atoms with Gasteiger partial charge in [-0.3, -0.25) is 4.79 Å². The van der Waals surface area contributed by atoms with Crippen LogP contribution in [0.3, 0.4) is 0 Å². The second kappa shape index (κ2) is 9.79. The molecule has 1 aromatic heterocycles. The predicted octanol–water partition coefficient (Wildman–Crippen LogP) is 2.57. The highest BCUT2D eigenvalue weighted by Gasteiger charge is 2.26. The number of anilines is 1. The van der Waals surface area contributed by atoms with Crippen molar-refractivity contribution in [3.05, 3.63) is 77.4 Å². The summed E-state index contributed by atoms with van der Waals surface area (Å²) in [4.78, 5) is 27.2. The largest absolute Gasteiger partial charge is 0.378 e. The number of benzene rings is 2. The number of ether oxygens (including phenoxy) is 1. The quantitative estimate of drug-likeness (QED) is 0.510. The van der Waals surface area contributed by atoms with Crippen molar-refractivity contribution in [3.63, 3.8) is 0 Å². The number of imide groups is 1. The molecule has 0 aliphatic carbocycles. The van der Waals surface area contributed by atoms with E-state index in [-0.39, 0.29) is 0 Å². The zero-order valence-corrected chi connectivity index (χ0v) is 17.8. The zero-order valence-electron chi connectivity index (χ0n) is 16.9. The highest BCUT2D eigenvalue weighted by molar-refractivity contribution is 7.79. The number of thiol groups is 1. The normalized spacial score (nSPS) is 14.6. The summed E-state index contributed by atoms with van der Waals surface area (Å²) in [5.74, 6) is -1.03. The number of nitrogens with one attached hydrogen (secondary N) is 2. The summed E-state index contributed by atoms with van der Waals surface area (Å²) in [6.45, 7) is 2.25. The van der Waals surface area contributed by atoms with Gasteiger partial charge in [-0.05, 0) is 29.8 Å². The first-order chi connectivity index (χ1) is 15.5. The number of aromatic nitrogens is 3. The molecule has 166 valence electrons. The van der Waals surface area contributed by atoms with Crippen LogP contribution in [0, 0.1) is 5.82 Å². The summed E-state index contributed by atoms with van der Waals surface area (Å²) in [7, 11) is 0. The van der Waals surface area contributed by atoms with Gasteiger partial charge in [0.25, 0.3) is 5.91 Å². The van der Waals surface area contributed by atoms with Crippen LogP contribution in [0.2, 0.25) is 0 Å². The van der Waals surface area contributed by atoms with Gasteiger partial charge in [-0.15, -0.1) is 0 Å². The van der Waals surface area contributed by atoms with Crippen LogP contribution in [-0.2, 0) is 4.74 Å². The summed E-state index contributed by atoms with van der Waals surface area (Å²) in [6, 6.07) is 11.3. The molecule has 1 unspecified atom stereocenters. The average Bonchev–Trinajstić information content (AvgIpc) is 3.37. The lowest BCUT2D eigenvalue weighted by molar-refractivity contribution is 0.0894. The fourth-order valence-electron chi connectivity index (χ4n) is 3.42. The number of hydrogen-bond acceptors (Lipinski definition) is 7. The molecular weight excluding hydrogens is 435 g/mol. The van der Waals surface area contributed by atoms with Crippen molar-refractivity contribution in [2.24, 2.45) is 0 Å². The second-order valence-electron chi connectivity index (χ2n) is 7.07. The Hall–Kier alpha value is -3.44. The first-order valence-corrected chi connectivity index (χ1v) is 10.3. The van der Waals surface area contributed by atoms with E-state index < -0.39 is 23.8 Å². The number of carbonyl (C=O) groups is 2. The van der Waals surface area contributed by atoms with Crippen LogP contribution in [-0.4, -0.2) is 58.0 Å². The first kappa shape index (κ1) is 21.8. The number of hydrogen-bond donors (Lipinski definition) is 3. The number of halogens is 1. The van der Waals surface area contributed by atoms with Crippen molar-refractivity contribution in [1.82, 2.24) is 25.0 Å². The highest BCUT2D eigenvalue weighted by atomic mass is 32.1. The molecule has 2 aromatic carbocycles. The van der Waals surface area contributed by atoms with E-state index in [1.165, 1.54) is 12.3 Å². The van der Waals surface area contributed by atoms with E-state index in [0.717, 1.165) is 0 Å². The molecule has 32 heavy (non-hydrogen) atoms. The van der Waals surface area contributed by atoms with E-state index in [0.29, 0.717) is 53.1 Å². The van der Waals surface area contributed by atoms with Gasteiger partial charge in [0, 0.05) is 18.7 Å². The van der Waals surface area contributed by atoms with Crippen LogP contribution >= 0.6 is 12.8 Å². The molecule has 3 aromatic rings. The van der Waals surface area contributed by atoms with Gasteiger partial charge < -0.3 is 15.0 Å². The maximum Gasteiger partial charge on any atom is 0.335 e. The fourth-order valence-corrected chi connectivity index (χ4v) is 3.59. The predicted molar refractivity (Wildman–Crippen MR) is 118 cm³/mol. The molecule has 1 fully saturated rings. The number of urea groups is 1. The molecule has 11 heteroatoms. The topological polar surface area (TPSA) is 103 Å². The van der Waals surface area contributed by atoms with Crippen molar-refractivity contribution in [2.75, 3.05) is 31.2 Å². The van der Waals surface area contributed by atoms with Gasteiger partial charge in [0.2, 0.25) is 0 Å². The van der Waals surface area contributed by atoms with E-state index in [9.17, 15) is 14.0 Å². The molecule has 0 spiro atoms. The van der Waals surface area contributed by atoms with Gasteiger partial charge >= 0.3 is 6.03 Å². The maximum atomic E-state index is 15.0. The monoisotopic (exact) mass is 456 g/mol. The number of aromatic amines is 1. The molecule has 0 radical (unpaired) electrons. The Labute approximate surface area is 189 Å². The van der Waals surface area contributed by atoms with Crippen molar-refractivity contribution in [3.8, 4) is 0 Å². The number of rotatable bonds is 5. The Balaban J connectivity index is 1.56. The summed E-state index contributed by atoms with van der Waals surface area (Å²) >= 11 is 4.06. The Bertz CT molecular complexity index is 1080. The summed E-state index contributed by atoms with van der Waals surface area (Å²) in [5.41, 5.74) is 1.55. The lowest BCUT2D eigenvalue weighted by Gasteiger charge is -2.29. The molecule has 1 atom stereocenters. The highest BCUT2D eigenvalue weighted by Crippen LogP contribution is 2.27. The van der Waals surface area contributed by atoms with E-state index in [1.54, 1.807) is 42.5 Å². The number of nitrogens with zero attached hydrogens (tertiary/aromatic N) is 4. The van der Waals surface area contributed by atoms with Crippen LogP contribution in [0.15, 0.2) is 54.7 Å². The SMILES string of the molecule is O=C(NC(c1ccc(N2CCOCC2)c(F)c1)c1cn[nH]n1)N(S)C(=O)c1ccccc1. The molecule has 2 N–H and O–H groups in total. The van der Waals surface area contributed by atoms with E-state index >= 15 is 0 Å². The van der Waals surface area contributed by atoms with Gasteiger partial charge in [-0.2, -0.15) is 15.4 Å². The zero-order chi connectivity index (χ0) is 22.5. The van der Waals surface area contributed by atoms with Crippen molar-refractivity contribution in [1.29, 1.82) is 0 Å². The third kappa shape index (κ3) is 4.73. The third-order valence-corrected chi connectivity index (χ3v) is 5.42. The number of H-pyrrole nitrogens is 1. The van der Waals surface area contributed by atoms with E-state index in [2.05, 4.69) is 33.5 Å². The molecule has 1 aliphatic heterocycles. The standard InChI is InChI=1S/C21H21FN6O3S/c22-16-12-15(6-7-18(16)27-8-10-31-11-9-27)19(17-13-23-26-25-17)24-21(30)28(32)20(29)14-4-2-1-3-5-14/h1-7,12-13,19,32H,8-11H2,(H,24,30)(H,23,25,26). The lowest BCUT2D eigenvalue weighted by atomic mass is 10.0. The number of amides is 3. The third-order valence-electron chi connectivity index (χ3n) is 5.06. The van der Waals surface area contributed by atoms with Gasteiger partial charge in [0.1, 0.15) is 17.6 Å². The molecule has 9 nitrogen and oxygen atoms in total. The Kier molecular flexibility index (Phi) is 6.66. The van der Waals surface area contributed by atoms with E-state index in [1.807, 2.05) is 4.90 Å². The van der Waals surface area contributed by atoms with Crippen LogP contribution in [0.1, 0.15) is 27.7 Å². The van der Waals surface area contributed by atoms with Crippen molar-refractivity contribution in [2.45, 2.75) is 6.04 Å². The van der Waals surface area contributed by atoms with Crippen molar-refractivity contribution < 1.29 is 18.7 Å². The summed E-state index contributed by atoms with van der Waals surface area (Å²) in [6.07, 6.45) is 1.42. The Morgan fingerprint density at radius 3 is 2.59 bits per heavy atom. The second-order valence-corrected chi connectivity index (χ2v) is 7.47. The molecule has 0 saturated carbocycles. The van der Waals surface area contributed by atoms with Gasteiger partial charge in [0.05, 0.1) is 25.1 Å². The molecule has 1 saturated heterocycles. The van der Waals surface area contributed by atoms with Crippen LogP contribution < -0.4 is 10.2 Å². The molecule has 0 bridgehead atoms. The summed E-state index contributed by atoms with van der Waals surface area (Å²) < 4.78 is 21.0. The minimum absolute atomic E-state index is 0.302. The summed E-state index contributed by atoms with van der Waals surface area (Å²) in [5, 5.41) is 13.0. The van der Waals surface area contributed by atoms with Crippen LogP contribution in [0.5, 0.6) is 0 Å². The van der Waals surface area contributed by atoms with Crippen molar-refractivity contribution >= 4 is 30.4 Å². The lowest BCUT2D eigenvalue weighted by Crippen LogP contribution is -2.40. The first-order valence-electron chi connectivity index (χ1n) is 9.91. The van der Waals surface area contributed by atoms with Gasteiger partial charge in [-0.25, -0.2) is 13.5 Å². The minimum Gasteiger partial charge on any atom is -0.378 e. The molecule has 1 aliphatic rings. The molecular formula is C21H21FN6O3S. The van der Waals surface area contributed by atoms with Crippen LogP contribution in [0.25, 0.3) is 0 Å².